The van der Waals surface area contributed by atoms with Crippen LogP contribution in [0, 0.1) is 5.41 Å². The van der Waals surface area contributed by atoms with E-state index in [0.29, 0.717) is 0 Å². The number of halogens is 1. The Morgan fingerprint density at radius 2 is 1.64 bits per heavy atom. The van der Waals surface area contributed by atoms with Crippen molar-refractivity contribution in [1.82, 2.24) is 0 Å². The average Bonchev–Trinajstić information content (AvgIpc) is 2.49. The molecule has 0 aliphatic heterocycles. The van der Waals surface area contributed by atoms with Gasteiger partial charge in [-0.2, -0.15) is 0 Å². The lowest BCUT2D eigenvalue weighted by molar-refractivity contribution is 0.0762. The van der Waals surface area contributed by atoms with E-state index in [0.717, 1.165) is 25.7 Å². The number of hydrogen-bond acceptors (Lipinski definition) is 1. The van der Waals surface area contributed by atoms with Crippen molar-refractivity contribution in [2.45, 2.75) is 50.7 Å². The van der Waals surface area contributed by atoms with Gasteiger partial charge in [-0.05, 0) is 39.5 Å². The summed E-state index contributed by atoms with van der Waals surface area (Å²) in [5, 5.41) is 0. The molecule has 64 valence electrons. The molecule has 0 atom stereocenters. The Morgan fingerprint density at radius 3 is 1.73 bits per heavy atom. The first-order chi connectivity index (χ1) is 4.91. The second-order valence-electron chi connectivity index (χ2n) is 4.71. The molecule has 0 radical (unpaired) electrons. The molecular weight excluding hydrogens is 141 g/mol. The first-order valence-electron chi connectivity index (χ1n) is 4.39. The van der Waals surface area contributed by atoms with Crippen LogP contribution in [-0.4, -0.2) is 11.2 Å². The minimum absolute atomic E-state index is 0.134. The molecule has 2 saturated carbocycles. The molecule has 0 amide bonds. The molecule has 0 aromatic heterocycles. The Balaban J connectivity index is 2.23. The van der Waals surface area contributed by atoms with Crippen molar-refractivity contribution >= 4 is 0 Å². The van der Waals surface area contributed by atoms with E-state index in [2.05, 4.69) is 0 Å². The van der Waals surface area contributed by atoms with E-state index < -0.39 is 5.67 Å². The first kappa shape index (κ1) is 7.53. The summed E-state index contributed by atoms with van der Waals surface area (Å²) in [6.45, 7) is 3.35. The second-order valence-corrected chi connectivity index (χ2v) is 4.71. The van der Waals surface area contributed by atoms with Crippen molar-refractivity contribution < 1.29 is 4.39 Å². The molecule has 2 rings (SSSR count). The largest absolute Gasteiger partial charge is 0.324 e. The molecule has 1 nitrogen and oxygen atoms in total. The number of nitrogens with two attached hydrogens (primary N) is 1. The van der Waals surface area contributed by atoms with Gasteiger partial charge in [-0.1, -0.05) is 0 Å². The van der Waals surface area contributed by atoms with Crippen molar-refractivity contribution in [2.75, 3.05) is 0 Å². The zero-order valence-electron chi connectivity index (χ0n) is 7.28. The summed E-state index contributed by atoms with van der Waals surface area (Å²) in [7, 11) is 0. The van der Waals surface area contributed by atoms with Crippen LogP contribution in [0.4, 0.5) is 4.39 Å². The molecule has 0 unspecified atom stereocenters. The molecule has 0 spiro atoms. The van der Waals surface area contributed by atoms with Crippen LogP contribution in [0.15, 0.2) is 0 Å². The fourth-order valence-corrected chi connectivity index (χ4v) is 2.42. The number of hydrogen-bond donors (Lipinski definition) is 1. The normalized spacial score (nSPS) is 31.6. The lowest BCUT2D eigenvalue weighted by atomic mass is 9.81. The van der Waals surface area contributed by atoms with E-state index >= 15 is 0 Å². The monoisotopic (exact) mass is 157 g/mol. The van der Waals surface area contributed by atoms with Crippen LogP contribution in [0.1, 0.15) is 39.5 Å². The summed E-state index contributed by atoms with van der Waals surface area (Å²) in [5.41, 5.74) is 4.68. The second kappa shape index (κ2) is 1.63. The van der Waals surface area contributed by atoms with Gasteiger partial charge < -0.3 is 5.73 Å². The third kappa shape index (κ3) is 0.792. The van der Waals surface area contributed by atoms with E-state index in [1.807, 2.05) is 0 Å². The predicted octanol–water partition coefficient (Wildman–Crippen LogP) is 2.01. The summed E-state index contributed by atoms with van der Waals surface area (Å²) in [6.07, 6.45) is 4.04. The first-order valence-corrected chi connectivity index (χ1v) is 4.39. The highest BCUT2D eigenvalue weighted by Gasteiger charge is 2.70. The molecule has 0 saturated heterocycles. The molecule has 0 aromatic carbocycles. The number of alkyl halides is 1. The van der Waals surface area contributed by atoms with Crippen LogP contribution < -0.4 is 5.73 Å². The lowest BCUT2D eigenvalue weighted by Gasteiger charge is -2.32. The van der Waals surface area contributed by atoms with Crippen molar-refractivity contribution in [1.29, 1.82) is 0 Å². The Labute approximate surface area is 67.2 Å². The van der Waals surface area contributed by atoms with E-state index in [9.17, 15) is 4.39 Å². The highest BCUT2D eigenvalue weighted by atomic mass is 19.1. The SMILES string of the molecule is CC(C)(F)C1(C2(N)CC2)CC1. The van der Waals surface area contributed by atoms with Crippen LogP contribution in [-0.2, 0) is 0 Å². The van der Waals surface area contributed by atoms with E-state index in [1.54, 1.807) is 13.8 Å². The highest BCUT2D eigenvalue weighted by Crippen LogP contribution is 2.68. The van der Waals surface area contributed by atoms with Crippen molar-refractivity contribution in [2.24, 2.45) is 11.1 Å². The standard InChI is InChI=1S/C9H16FN/c1-7(2,10)8(3-4-8)9(11)5-6-9/h3-6,11H2,1-2H3. The smallest absolute Gasteiger partial charge is 0.112 e. The van der Waals surface area contributed by atoms with Crippen LogP contribution in [0.5, 0.6) is 0 Å². The maximum Gasteiger partial charge on any atom is 0.112 e. The van der Waals surface area contributed by atoms with Gasteiger partial charge in [-0.15, -0.1) is 0 Å². The Hall–Kier alpha value is -0.110. The lowest BCUT2D eigenvalue weighted by Crippen LogP contribution is -2.45. The number of rotatable bonds is 2. The van der Waals surface area contributed by atoms with E-state index in [-0.39, 0.29) is 11.0 Å². The minimum atomic E-state index is -1.07. The maximum absolute atomic E-state index is 13.7. The molecule has 0 bridgehead atoms. The molecule has 2 aliphatic carbocycles. The van der Waals surface area contributed by atoms with Gasteiger partial charge in [-0.25, -0.2) is 4.39 Å². The van der Waals surface area contributed by atoms with Crippen molar-refractivity contribution in [3.8, 4) is 0 Å². The maximum atomic E-state index is 13.7. The summed E-state index contributed by atoms with van der Waals surface area (Å²) in [5.74, 6) is 0. The van der Waals surface area contributed by atoms with Crippen molar-refractivity contribution in [3.05, 3.63) is 0 Å². The van der Waals surface area contributed by atoms with Gasteiger partial charge in [0.05, 0.1) is 0 Å². The van der Waals surface area contributed by atoms with E-state index in [4.69, 9.17) is 5.73 Å². The third-order valence-corrected chi connectivity index (χ3v) is 3.63. The van der Waals surface area contributed by atoms with Crippen LogP contribution in [0.25, 0.3) is 0 Å². The van der Waals surface area contributed by atoms with Gasteiger partial charge in [0.1, 0.15) is 5.67 Å². The highest BCUT2D eigenvalue weighted by molar-refractivity contribution is 5.24. The van der Waals surface area contributed by atoms with Gasteiger partial charge in [-0.3, -0.25) is 0 Å². The van der Waals surface area contributed by atoms with Gasteiger partial charge in [0.25, 0.3) is 0 Å². The summed E-state index contributed by atoms with van der Waals surface area (Å²) in [6, 6.07) is 0. The predicted molar refractivity (Wildman–Crippen MR) is 43.0 cm³/mol. The molecule has 2 N–H and O–H groups in total. The minimum Gasteiger partial charge on any atom is -0.324 e. The van der Waals surface area contributed by atoms with Gasteiger partial charge in [0, 0.05) is 11.0 Å². The van der Waals surface area contributed by atoms with E-state index in [1.165, 1.54) is 0 Å². The Morgan fingerprint density at radius 1 is 1.18 bits per heavy atom. The fourth-order valence-electron chi connectivity index (χ4n) is 2.42. The van der Waals surface area contributed by atoms with Gasteiger partial charge in [0.15, 0.2) is 0 Å². The Kier molecular flexibility index (Phi) is 1.12. The Bertz CT molecular complexity index is 177. The van der Waals surface area contributed by atoms with Gasteiger partial charge in [0.2, 0.25) is 0 Å². The average molecular weight is 157 g/mol. The summed E-state index contributed by atoms with van der Waals surface area (Å²) >= 11 is 0. The molecule has 11 heavy (non-hydrogen) atoms. The molecular formula is C9H16FN. The summed E-state index contributed by atoms with van der Waals surface area (Å²) in [4.78, 5) is 0. The van der Waals surface area contributed by atoms with Crippen molar-refractivity contribution in [3.63, 3.8) is 0 Å². The zero-order chi connectivity index (χ0) is 8.33. The molecule has 0 aromatic rings. The molecule has 2 aliphatic rings. The van der Waals surface area contributed by atoms with Crippen LogP contribution in [0.3, 0.4) is 0 Å². The third-order valence-electron chi connectivity index (χ3n) is 3.63. The zero-order valence-corrected chi connectivity index (χ0v) is 7.28. The molecule has 0 heterocycles. The van der Waals surface area contributed by atoms with Gasteiger partial charge >= 0.3 is 0 Å². The van der Waals surface area contributed by atoms with Crippen LogP contribution >= 0.6 is 0 Å². The molecule has 2 heteroatoms. The quantitative estimate of drug-likeness (QED) is 0.652. The topological polar surface area (TPSA) is 26.0 Å². The summed E-state index contributed by atoms with van der Waals surface area (Å²) < 4.78 is 13.7. The molecule has 2 fully saturated rings. The fraction of sp³-hybridized carbons (Fsp3) is 1.00. The van der Waals surface area contributed by atoms with Crippen LogP contribution in [0.2, 0.25) is 0 Å².